The Bertz CT molecular complexity index is 370. The highest BCUT2D eigenvalue weighted by Crippen LogP contribution is 2.11. The summed E-state index contributed by atoms with van der Waals surface area (Å²) >= 11 is 0. The van der Waals surface area contributed by atoms with E-state index in [0.29, 0.717) is 19.5 Å². The van der Waals surface area contributed by atoms with Gasteiger partial charge in [0.15, 0.2) is 0 Å². The van der Waals surface area contributed by atoms with Crippen LogP contribution in [0.1, 0.15) is 11.1 Å². The van der Waals surface area contributed by atoms with Crippen molar-refractivity contribution in [2.24, 2.45) is 0 Å². The van der Waals surface area contributed by atoms with Gasteiger partial charge in [0.2, 0.25) is 5.91 Å². The predicted molar refractivity (Wildman–Crippen MR) is 57.5 cm³/mol. The first-order chi connectivity index (χ1) is 7.15. The minimum absolute atomic E-state index is 0.103. The summed E-state index contributed by atoms with van der Waals surface area (Å²) in [6.45, 7) is 3.00. The van der Waals surface area contributed by atoms with E-state index in [-0.39, 0.29) is 12.0 Å². The van der Waals surface area contributed by atoms with Gasteiger partial charge in [-0.3, -0.25) is 4.79 Å². The first-order valence-electron chi connectivity index (χ1n) is 5.16. The summed E-state index contributed by atoms with van der Waals surface area (Å²) in [4.78, 5) is 13.4. The maximum absolute atomic E-state index is 11.7. The van der Waals surface area contributed by atoms with Gasteiger partial charge >= 0.3 is 0 Å². The van der Waals surface area contributed by atoms with Crippen molar-refractivity contribution in [1.29, 1.82) is 0 Å². The molecule has 1 saturated heterocycles. The van der Waals surface area contributed by atoms with Crippen LogP contribution in [0.15, 0.2) is 24.3 Å². The largest absolute Gasteiger partial charge is 0.389 e. The van der Waals surface area contributed by atoms with Gasteiger partial charge in [-0.05, 0) is 12.5 Å². The van der Waals surface area contributed by atoms with E-state index in [1.807, 2.05) is 31.2 Å². The van der Waals surface area contributed by atoms with Crippen molar-refractivity contribution in [2.45, 2.75) is 19.4 Å². The Balaban J connectivity index is 1.94. The molecule has 0 aliphatic carbocycles. The second-order valence-corrected chi connectivity index (χ2v) is 4.12. The van der Waals surface area contributed by atoms with Crippen LogP contribution in [0.5, 0.6) is 0 Å². The number of carbonyl (C=O) groups is 1. The van der Waals surface area contributed by atoms with E-state index in [4.69, 9.17) is 5.11 Å². The number of aliphatic hydroxyl groups excluding tert-OH is 1. The van der Waals surface area contributed by atoms with Crippen molar-refractivity contribution in [1.82, 2.24) is 4.90 Å². The molecule has 1 N–H and O–H groups in total. The summed E-state index contributed by atoms with van der Waals surface area (Å²) in [6, 6.07) is 7.96. The van der Waals surface area contributed by atoms with Crippen molar-refractivity contribution < 1.29 is 9.90 Å². The minimum atomic E-state index is -0.313. The van der Waals surface area contributed by atoms with Crippen LogP contribution < -0.4 is 0 Å². The van der Waals surface area contributed by atoms with E-state index in [1.165, 1.54) is 5.56 Å². The molecule has 3 nitrogen and oxygen atoms in total. The van der Waals surface area contributed by atoms with Crippen molar-refractivity contribution in [2.75, 3.05) is 13.1 Å². The predicted octanol–water partition coefficient (Wildman–Crippen LogP) is 0.741. The Morgan fingerprint density at radius 2 is 2.27 bits per heavy atom. The number of aryl methyl sites for hydroxylation is 1. The van der Waals surface area contributed by atoms with Crippen LogP contribution in [0.2, 0.25) is 0 Å². The number of β-amino-alcohol motifs (C(OH)–C–C–N with tert-alkyl or cyclic N) is 1. The average Bonchev–Trinajstić information content (AvgIpc) is 2.13. The van der Waals surface area contributed by atoms with Gasteiger partial charge in [0.05, 0.1) is 12.5 Å². The topological polar surface area (TPSA) is 40.5 Å². The van der Waals surface area contributed by atoms with E-state index < -0.39 is 0 Å². The van der Waals surface area contributed by atoms with Crippen molar-refractivity contribution in [3.05, 3.63) is 35.4 Å². The molecular formula is C12H15NO2. The fourth-order valence-electron chi connectivity index (χ4n) is 1.77. The fourth-order valence-corrected chi connectivity index (χ4v) is 1.77. The highest BCUT2D eigenvalue weighted by atomic mass is 16.3. The van der Waals surface area contributed by atoms with E-state index in [9.17, 15) is 4.79 Å². The maximum atomic E-state index is 11.7. The third-order valence-electron chi connectivity index (χ3n) is 2.65. The second kappa shape index (κ2) is 4.03. The van der Waals surface area contributed by atoms with E-state index in [1.54, 1.807) is 4.90 Å². The summed E-state index contributed by atoms with van der Waals surface area (Å²) in [7, 11) is 0. The molecule has 0 atom stereocenters. The number of aliphatic hydroxyl groups is 1. The molecule has 1 aliphatic heterocycles. The summed E-state index contributed by atoms with van der Waals surface area (Å²) < 4.78 is 0. The molecule has 1 aromatic rings. The smallest absolute Gasteiger partial charge is 0.227 e. The lowest BCUT2D eigenvalue weighted by Crippen LogP contribution is -2.53. The van der Waals surface area contributed by atoms with Gasteiger partial charge in [-0.15, -0.1) is 0 Å². The van der Waals surface area contributed by atoms with Crippen LogP contribution in [0.25, 0.3) is 0 Å². The summed E-state index contributed by atoms with van der Waals surface area (Å²) in [5.41, 5.74) is 2.21. The van der Waals surface area contributed by atoms with E-state index >= 15 is 0 Å². The lowest BCUT2D eigenvalue weighted by atomic mass is 10.1. The highest BCUT2D eigenvalue weighted by molar-refractivity contribution is 5.79. The Morgan fingerprint density at radius 3 is 2.87 bits per heavy atom. The molecule has 0 aromatic heterocycles. The number of carbonyl (C=O) groups excluding carboxylic acids is 1. The number of hydrogen-bond acceptors (Lipinski definition) is 2. The third kappa shape index (κ3) is 2.36. The zero-order chi connectivity index (χ0) is 10.8. The molecule has 3 heteroatoms. The third-order valence-corrected chi connectivity index (χ3v) is 2.65. The Hall–Kier alpha value is -1.35. The van der Waals surface area contributed by atoms with Crippen molar-refractivity contribution in [3.63, 3.8) is 0 Å². The number of likely N-dealkylation sites (tertiary alicyclic amines) is 1. The zero-order valence-corrected chi connectivity index (χ0v) is 8.81. The first-order valence-corrected chi connectivity index (χ1v) is 5.16. The second-order valence-electron chi connectivity index (χ2n) is 4.12. The van der Waals surface area contributed by atoms with Gasteiger partial charge < -0.3 is 10.0 Å². The van der Waals surface area contributed by atoms with Gasteiger partial charge in [0, 0.05) is 13.1 Å². The Kier molecular flexibility index (Phi) is 2.73. The molecule has 2 rings (SSSR count). The molecule has 1 heterocycles. The first kappa shape index (κ1) is 10.2. The molecule has 15 heavy (non-hydrogen) atoms. The van der Waals surface area contributed by atoms with Gasteiger partial charge in [-0.2, -0.15) is 0 Å². The SMILES string of the molecule is Cc1cccc(CC(=O)N2CC(O)C2)c1. The number of rotatable bonds is 2. The van der Waals surface area contributed by atoms with Crippen LogP contribution in [-0.4, -0.2) is 35.1 Å². The molecule has 0 spiro atoms. The summed E-state index contributed by atoms with van der Waals surface area (Å²) in [5, 5.41) is 9.08. The lowest BCUT2D eigenvalue weighted by Gasteiger charge is -2.35. The molecule has 1 fully saturated rings. The van der Waals surface area contributed by atoms with Gasteiger partial charge in [-0.25, -0.2) is 0 Å². The maximum Gasteiger partial charge on any atom is 0.227 e. The number of nitrogens with zero attached hydrogens (tertiary/aromatic N) is 1. The normalized spacial score (nSPS) is 16.3. The molecule has 0 saturated carbocycles. The van der Waals surface area contributed by atoms with Crippen LogP contribution in [-0.2, 0) is 11.2 Å². The monoisotopic (exact) mass is 205 g/mol. The quantitative estimate of drug-likeness (QED) is 0.773. The summed E-state index contributed by atoms with van der Waals surface area (Å²) in [6.07, 6.45) is 0.125. The van der Waals surface area contributed by atoms with Crippen LogP contribution >= 0.6 is 0 Å². The van der Waals surface area contributed by atoms with E-state index in [2.05, 4.69) is 0 Å². The Labute approximate surface area is 89.3 Å². The molecule has 1 amide bonds. The fraction of sp³-hybridized carbons (Fsp3) is 0.417. The van der Waals surface area contributed by atoms with E-state index in [0.717, 1.165) is 5.56 Å². The minimum Gasteiger partial charge on any atom is -0.389 e. The van der Waals surface area contributed by atoms with Gasteiger partial charge in [0.25, 0.3) is 0 Å². The molecule has 0 radical (unpaired) electrons. The molecule has 1 aliphatic rings. The molecule has 80 valence electrons. The van der Waals surface area contributed by atoms with Crippen molar-refractivity contribution in [3.8, 4) is 0 Å². The van der Waals surface area contributed by atoms with Crippen LogP contribution in [0.3, 0.4) is 0 Å². The number of hydrogen-bond donors (Lipinski definition) is 1. The molecule has 0 unspecified atom stereocenters. The van der Waals surface area contributed by atoms with Crippen molar-refractivity contribution >= 4 is 5.91 Å². The standard InChI is InChI=1S/C12H15NO2/c1-9-3-2-4-10(5-9)6-12(15)13-7-11(14)8-13/h2-5,11,14H,6-8H2,1H3. The number of amides is 1. The number of benzene rings is 1. The Morgan fingerprint density at radius 1 is 1.53 bits per heavy atom. The van der Waals surface area contributed by atoms with Crippen LogP contribution in [0.4, 0.5) is 0 Å². The summed E-state index contributed by atoms with van der Waals surface area (Å²) in [5.74, 6) is 0.103. The van der Waals surface area contributed by atoms with Crippen LogP contribution in [0, 0.1) is 6.92 Å². The zero-order valence-electron chi connectivity index (χ0n) is 8.81. The van der Waals surface area contributed by atoms with Gasteiger partial charge in [-0.1, -0.05) is 29.8 Å². The molecular weight excluding hydrogens is 190 g/mol. The lowest BCUT2D eigenvalue weighted by molar-refractivity contribution is -0.140. The highest BCUT2D eigenvalue weighted by Gasteiger charge is 2.28. The average molecular weight is 205 g/mol. The molecule has 1 aromatic carbocycles. The molecule has 0 bridgehead atoms. The van der Waals surface area contributed by atoms with Gasteiger partial charge in [0.1, 0.15) is 0 Å².